The third-order valence-electron chi connectivity index (χ3n) is 2.25. The molecule has 2 N–H and O–H groups in total. The van der Waals surface area contributed by atoms with Crippen molar-refractivity contribution < 1.29 is 9.31 Å². The van der Waals surface area contributed by atoms with Crippen LogP contribution < -0.4 is 10.6 Å². The average Bonchev–Trinajstić information content (AvgIpc) is 2.28. The Kier molecular flexibility index (Phi) is 5.35. The summed E-state index contributed by atoms with van der Waals surface area (Å²) in [4.78, 5) is 10.2. The van der Waals surface area contributed by atoms with Crippen LogP contribution >= 0.6 is 0 Å². The first-order chi connectivity index (χ1) is 8.15. The van der Waals surface area contributed by atoms with E-state index >= 15 is 0 Å². The molecular weight excluding hydrogens is 225 g/mol. The van der Waals surface area contributed by atoms with Gasteiger partial charge in [-0.05, 0) is 25.6 Å². The van der Waals surface area contributed by atoms with Crippen molar-refractivity contribution in [3.63, 3.8) is 0 Å². The summed E-state index contributed by atoms with van der Waals surface area (Å²) in [5, 5.41) is 16.7. The van der Waals surface area contributed by atoms with Gasteiger partial charge in [0, 0.05) is 18.7 Å². The number of anilines is 1. The smallest absolute Gasteiger partial charge is 0.292 e. The van der Waals surface area contributed by atoms with Crippen molar-refractivity contribution in [3.8, 4) is 0 Å². The van der Waals surface area contributed by atoms with Crippen molar-refractivity contribution in [1.29, 1.82) is 0 Å². The van der Waals surface area contributed by atoms with E-state index in [2.05, 4.69) is 10.6 Å². The number of nitro groups is 1. The molecule has 1 aromatic rings. The van der Waals surface area contributed by atoms with E-state index in [1.165, 1.54) is 6.07 Å². The zero-order chi connectivity index (χ0) is 12.7. The summed E-state index contributed by atoms with van der Waals surface area (Å²) in [5.74, 6) is -0.482. The van der Waals surface area contributed by atoms with Gasteiger partial charge in [-0.2, -0.15) is 0 Å². The molecule has 94 valence electrons. The number of nitrogens with one attached hydrogen (secondary N) is 2. The van der Waals surface area contributed by atoms with Crippen LogP contribution in [0.4, 0.5) is 15.8 Å². The second kappa shape index (κ2) is 6.80. The zero-order valence-corrected chi connectivity index (χ0v) is 9.70. The van der Waals surface area contributed by atoms with E-state index in [9.17, 15) is 14.5 Å². The van der Waals surface area contributed by atoms with Gasteiger partial charge in [0.1, 0.15) is 11.5 Å². The van der Waals surface area contributed by atoms with Gasteiger partial charge in [-0.15, -0.1) is 0 Å². The fourth-order valence-corrected chi connectivity index (χ4v) is 1.42. The summed E-state index contributed by atoms with van der Waals surface area (Å²) in [7, 11) is 0. The standard InChI is InChI=1S/C11H16FN3O2/c1-2-13-6-3-7-14-10-8-9(12)4-5-11(10)15(16)17/h4-5,8,13-14H,2-3,6-7H2,1H3. The summed E-state index contributed by atoms with van der Waals surface area (Å²) in [6, 6.07) is 3.40. The number of halogens is 1. The molecule has 0 heterocycles. The van der Waals surface area contributed by atoms with Crippen molar-refractivity contribution >= 4 is 11.4 Å². The van der Waals surface area contributed by atoms with Crippen molar-refractivity contribution in [2.75, 3.05) is 25.0 Å². The van der Waals surface area contributed by atoms with Gasteiger partial charge in [-0.1, -0.05) is 6.92 Å². The molecule has 0 aliphatic heterocycles. The van der Waals surface area contributed by atoms with Gasteiger partial charge in [-0.3, -0.25) is 10.1 Å². The average molecular weight is 241 g/mol. The van der Waals surface area contributed by atoms with Gasteiger partial charge in [0.05, 0.1) is 4.92 Å². The van der Waals surface area contributed by atoms with Crippen molar-refractivity contribution in [2.24, 2.45) is 0 Å². The molecule has 0 unspecified atom stereocenters. The summed E-state index contributed by atoms with van der Waals surface area (Å²) < 4.78 is 13.0. The lowest BCUT2D eigenvalue weighted by Gasteiger charge is -2.07. The summed E-state index contributed by atoms with van der Waals surface area (Å²) >= 11 is 0. The molecule has 17 heavy (non-hydrogen) atoms. The van der Waals surface area contributed by atoms with E-state index in [0.717, 1.165) is 31.6 Å². The molecule has 0 atom stereocenters. The van der Waals surface area contributed by atoms with Gasteiger partial charge in [0.15, 0.2) is 0 Å². The molecule has 1 rings (SSSR count). The molecule has 0 saturated carbocycles. The molecule has 0 aliphatic rings. The highest BCUT2D eigenvalue weighted by molar-refractivity contribution is 5.61. The molecule has 0 amide bonds. The first kappa shape index (κ1) is 13.4. The van der Waals surface area contributed by atoms with E-state index in [1.54, 1.807) is 0 Å². The Morgan fingerprint density at radius 1 is 1.41 bits per heavy atom. The predicted molar refractivity (Wildman–Crippen MR) is 64.7 cm³/mol. The number of nitrogens with zero attached hydrogens (tertiary/aromatic N) is 1. The molecule has 0 aliphatic carbocycles. The molecule has 0 fully saturated rings. The van der Waals surface area contributed by atoms with Gasteiger partial charge < -0.3 is 10.6 Å². The second-order valence-corrected chi connectivity index (χ2v) is 3.55. The summed E-state index contributed by atoms with van der Waals surface area (Å²) in [5.41, 5.74) is 0.126. The van der Waals surface area contributed by atoms with E-state index in [4.69, 9.17) is 0 Å². The Labute approximate surface area is 99.2 Å². The maximum absolute atomic E-state index is 13.0. The van der Waals surface area contributed by atoms with E-state index in [0.29, 0.717) is 6.54 Å². The third-order valence-corrected chi connectivity index (χ3v) is 2.25. The van der Waals surface area contributed by atoms with Gasteiger partial charge >= 0.3 is 0 Å². The Hall–Kier alpha value is -1.69. The van der Waals surface area contributed by atoms with E-state index in [-0.39, 0.29) is 11.4 Å². The minimum atomic E-state index is -0.522. The molecule has 0 radical (unpaired) electrons. The Morgan fingerprint density at radius 2 is 2.18 bits per heavy atom. The number of rotatable bonds is 7. The lowest BCUT2D eigenvalue weighted by Crippen LogP contribution is -2.17. The summed E-state index contributed by atoms with van der Waals surface area (Å²) in [6.45, 7) is 4.29. The molecule has 0 spiro atoms. The van der Waals surface area contributed by atoms with Crippen LogP contribution in [0, 0.1) is 15.9 Å². The van der Waals surface area contributed by atoms with Crippen LogP contribution in [0.3, 0.4) is 0 Å². The highest BCUT2D eigenvalue weighted by Gasteiger charge is 2.13. The lowest BCUT2D eigenvalue weighted by molar-refractivity contribution is -0.384. The first-order valence-corrected chi connectivity index (χ1v) is 5.53. The maximum Gasteiger partial charge on any atom is 0.292 e. The first-order valence-electron chi connectivity index (χ1n) is 5.53. The minimum absolute atomic E-state index is 0.102. The molecule has 0 aromatic heterocycles. The van der Waals surface area contributed by atoms with Crippen LogP contribution in [0.25, 0.3) is 0 Å². The normalized spacial score (nSPS) is 10.2. The van der Waals surface area contributed by atoms with Gasteiger partial charge in [-0.25, -0.2) is 4.39 Å². The minimum Gasteiger partial charge on any atom is -0.379 e. The Balaban J connectivity index is 2.56. The molecule has 0 saturated heterocycles. The second-order valence-electron chi connectivity index (χ2n) is 3.55. The van der Waals surface area contributed by atoms with Crippen LogP contribution in [-0.4, -0.2) is 24.6 Å². The van der Waals surface area contributed by atoms with Gasteiger partial charge in [0.25, 0.3) is 5.69 Å². The maximum atomic E-state index is 13.0. The van der Waals surface area contributed by atoms with E-state index in [1.807, 2.05) is 6.92 Å². The topological polar surface area (TPSA) is 67.2 Å². The number of benzene rings is 1. The van der Waals surface area contributed by atoms with Crippen LogP contribution in [0.2, 0.25) is 0 Å². The third kappa shape index (κ3) is 4.36. The molecular formula is C11H16FN3O2. The lowest BCUT2D eigenvalue weighted by atomic mass is 10.2. The Morgan fingerprint density at radius 3 is 2.82 bits per heavy atom. The van der Waals surface area contributed by atoms with Crippen molar-refractivity contribution in [1.82, 2.24) is 5.32 Å². The Bertz CT molecular complexity index is 385. The quantitative estimate of drug-likeness (QED) is 0.436. The van der Waals surface area contributed by atoms with Crippen LogP contribution in [0.1, 0.15) is 13.3 Å². The summed E-state index contributed by atoms with van der Waals surface area (Å²) in [6.07, 6.45) is 0.821. The van der Waals surface area contributed by atoms with Crippen LogP contribution in [0.5, 0.6) is 0 Å². The van der Waals surface area contributed by atoms with Gasteiger partial charge in [0.2, 0.25) is 0 Å². The number of hydrogen-bond donors (Lipinski definition) is 2. The predicted octanol–water partition coefficient (Wildman–Crippen LogP) is 2.15. The fourth-order valence-electron chi connectivity index (χ4n) is 1.42. The van der Waals surface area contributed by atoms with Crippen molar-refractivity contribution in [3.05, 3.63) is 34.1 Å². The fraction of sp³-hybridized carbons (Fsp3) is 0.455. The van der Waals surface area contributed by atoms with Crippen LogP contribution in [-0.2, 0) is 0 Å². The zero-order valence-electron chi connectivity index (χ0n) is 9.70. The van der Waals surface area contributed by atoms with Crippen molar-refractivity contribution in [2.45, 2.75) is 13.3 Å². The highest BCUT2D eigenvalue weighted by Crippen LogP contribution is 2.24. The SMILES string of the molecule is CCNCCCNc1cc(F)ccc1[N+](=O)[O-]. The highest BCUT2D eigenvalue weighted by atomic mass is 19.1. The number of hydrogen-bond acceptors (Lipinski definition) is 4. The molecule has 6 heteroatoms. The van der Waals surface area contributed by atoms with Crippen LogP contribution in [0.15, 0.2) is 18.2 Å². The largest absolute Gasteiger partial charge is 0.379 e. The monoisotopic (exact) mass is 241 g/mol. The molecule has 1 aromatic carbocycles. The molecule has 0 bridgehead atoms. The van der Waals surface area contributed by atoms with E-state index < -0.39 is 10.7 Å². The number of nitro benzene ring substituents is 1. The molecule has 5 nitrogen and oxygen atoms in total.